The van der Waals surface area contributed by atoms with Gasteiger partial charge in [0.1, 0.15) is 17.7 Å². The zero-order valence-electron chi connectivity index (χ0n) is 20.9. The molecule has 0 aliphatic carbocycles. The molecule has 3 aromatic heterocycles. The highest BCUT2D eigenvalue weighted by molar-refractivity contribution is 5.88. The second-order valence-corrected chi connectivity index (χ2v) is 9.68. The van der Waals surface area contributed by atoms with Crippen LogP contribution in [0.3, 0.4) is 0 Å². The number of aryl methyl sites for hydroxylation is 2. The summed E-state index contributed by atoms with van der Waals surface area (Å²) in [6.07, 6.45) is 4.32. The lowest BCUT2D eigenvalue weighted by Crippen LogP contribution is -2.49. The minimum atomic E-state index is 0.438. The van der Waals surface area contributed by atoms with Crippen molar-refractivity contribution in [3.05, 3.63) is 77.9 Å². The maximum Gasteiger partial charge on any atom is 0.160 e. The van der Waals surface area contributed by atoms with E-state index >= 15 is 0 Å². The Hall–Kier alpha value is -4.04. The van der Waals surface area contributed by atoms with Gasteiger partial charge in [-0.05, 0) is 73.4 Å². The zero-order valence-corrected chi connectivity index (χ0v) is 20.9. The monoisotopic (exact) mass is 478 g/mol. The van der Waals surface area contributed by atoms with Crippen molar-refractivity contribution in [1.29, 1.82) is 0 Å². The Morgan fingerprint density at radius 2 is 1.94 bits per heavy atom. The molecule has 0 amide bonds. The number of benzene rings is 2. The molecule has 6 rings (SSSR count). The predicted octanol–water partition coefficient (Wildman–Crippen LogP) is 4.35. The number of aromatic nitrogens is 5. The molecule has 8 heteroatoms. The summed E-state index contributed by atoms with van der Waals surface area (Å²) in [6.45, 7) is 7.18. The lowest BCUT2D eigenvalue weighted by atomic mass is 9.99. The number of fused-ring (bicyclic) bond motifs is 2. The van der Waals surface area contributed by atoms with Crippen LogP contribution in [0.1, 0.15) is 23.6 Å². The smallest absolute Gasteiger partial charge is 0.160 e. The molecule has 2 aromatic carbocycles. The molecule has 0 spiro atoms. The number of hydrogen-bond donors (Lipinski definition) is 2. The van der Waals surface area contributed by atoms with E-state index in [2.05, 4.69) is 86.8 Å². The van der Waals surface area contributed by atoms with E-state index in [9.17, 15) is 0 Å². The van der Waals surface area contributed by atoms with E-state index in [0.29, 0.717) is 6.04 Å². The zero-order chi connectivity index (χ0) is 24.6. The maximum atomic E-state index is 4.95. The molecule has 0 saturated carbocycles. The number of rotatable bonds is 5. The van der Waals surface area contributed by atoms with Crippen molar-refractivity contribution < 1.29 is 0 Å². The van der Waals surface area contributed by atoms with Crippen LogP contribution in [-0.2, 0) is 13.5 Å². The maximum absolute atomic E-state index is 4.95. The van der Waals surface area contributed by atoms with Crippen molar-refractivity contribution >= 4 is 39.4 Å². The largest absolute Gasteiger partial charge is 0.354 e. The molecule has 36 heavy (non-hydrogen) atoms. The molecule has 0 radical (unpaired) electrons. The molecule has 1 saturated heterocycles. The van der Waals surface area contributed by atoms with Crippen LogP contribution < -0.4 is 15.5 Å². The first-order valence-electron chi connectivity index (χ1n) is 12.4. The summed E-state index contributed by atoms with van der Waals surface area (Å²) in [5, 5.41) is 6.97. The van der Waals surface area contributed by atoms with Gasteiger partial charge in [-0.15, -0.1) is 0 Å². The molecule has 1 atom stereocenters. The molecule has 182 valence electrons. The minimum Gasteiger partial charge on any atom is -0.354 e. The number of anilines is 3. The molecule has 8 nitrogen and oxygen atoms in total. The van der Waals surface area contributed by atoms with Crippen molar-refractivity contribution in [2.24, 2.45) is 7.05 Å². The Balaban J connectivity index is 1.25. The summed E-state index contributed by atoms with van der Waals surface area (Å²) in [5.74, 6) is 1.68. The van der Waals surface area contributed by atoms with Gasteiger partial charge in [-0.2, -0.15) is 0 Å². The molecule has 0 bridgehead atoms. The third-order valence-electron chi connectivity index (χ3n) is 6.95. The SMILES string of the molecule is Cc1cc(Nc2ncnc3ccc(N4CCNC(C)C4)nc23)ccc1Cc1ccc2c(c1)ncn2C. The van der Waals surface area contributed by atoms with Crippen LogP contribution >= 0.6 is 0 Å². The molecule has 4 heterocycles. The lowest BCUT2D eigenvalue weighted by Gasteiger charge is -2.32. The van der Waals surface area contributed by atoms with Gasteiger partial charge < -0.3 is 20.1 Å². The summed E-state index contributed by atoms with van der Waals surface area (Å²) < 4.78 is 2.05. The highest BCUT2D eigenvalue weighted by Crippen LogP contribution is 2.27. The number of imidazole rings is 1. The van der Waals surface area contributed by atoms with Crippen molar-refractivity contribution in [3.63, 3.8) is 0 Å². The van der Waals surface area contributed by atoms with Gasteiger partial charge in [0.05, 0.1) is 22.9 Å². The second-order valence-electron chi connectivity index (χ2n) is 9.68. The van der Waals surface area contributed by atoms with Crippen LogP contribution in [0.25, 0.3) is 22.1 Å². The first-order chi connectivity index (χ1) is 17.5. The van der Waals surface area contributed by atoms with E-state index in [1.54, 1.807) is 6.33 Å². The Labute approximate surface area is 210 Å². The fraction of sp³-hybridized carbons (Fsp3) is 0.286. The Bertz CT molecular complexity index is 1560. The third kappa shape index (κ3) is 4.35. The lowest BCUT2D eigenvalue weighted by molar-refractivity contribution is 0.482. The minimum absolute atomic E-state index is 0.438. The van der Waals surface area contributed by atoms with E-state index in [4.69, 9.17) is 4.98 Å². The molecule has 1 fully saturated rings. The topological polar surface area (TPSA) is 83.8 Å². The van der Waals surface area contributed by atoms with E-state index < -0.39 is 0 Å². The summed E-state index contributed by atoms with van der Waals surface area (Å²) in [7, 11) is 2.02. The first kappa shape index (κ1) is 22.4. The summed E-state index contributed by atoms with van der Waals surface area (Å²) in [6, 6.07) is 17.5. The van der Waals surface area contributed by atoms with Gasteiger partial charge in [0.15, 0.2) is 5.82 Å². The van der Waals surface area contributed by atoms with E-state index in [1.807, 2.05) is 24.0 Å². The van der Waals surface area contributed by atoms with E-state index in [-0.39, 0.29) is 0 Å². The van der Waals surface area contributed by atoms with Crippen LogP contribution in [0.5, 0.6) is 0 Å². The quantitative estimate of drug-likeness (QED) is 0.388. The Morgan fingerprint density at radius 1 is 1.03 bits per heavy atom. The third-order valence-corrected chi connectivity index (χ3v) is 6.95. The normalized spacial score (nSPS) is 16.1. The number of piperazine rings is 1. The van der Waals surface area contributed by atoms with Gasteiger partial charge in [0.25, 0.3) is 0 Å². The number of nitrogens with one attached hydrogen (secondary N) is 2. The van der Waals surface area contributed by atoms with Gasteiger partial charge in [-0.25, -0.2) is 19.9 Å². The fourth-order valence-corrected chi connectivity index (χ4v) is 4.96. The predicted molar refractivity (Wildman–Crippen MR) is 145 cm³/mol. The fourth-order valence-electron chi connectivity index (χ4n) is 4.96. The first-order valence-corrected chi connectivity index (χ1v) is 12.4. The van der Waals surface area contributed by atoms with Crippen LogP contribution in [-0.4, -0.2) is 50.2 Å². The summed E-state index contributed by atoms with van der Waals surface area (Å²) in [5.41, 5.74) is 8.55. The van der Waals surface area contributed by atoms with Gasteiger partial charge in [-0.3, -0.25) is 0 Å². The molecule has 1 unspecified atom stereocenters. The molecule has 1 aliphatic rings. The van der Waals surface area contributed by atoms with Crippen LogP contribution in [0.15, 0.2) is 61.2 Å². The van der Waals surface area contributed by atoms with Gasteiger partial charge >= 0.3 is 0 Å². The summed E-state index contributed by atoms with van der Waals surface area (Å²) >= 11 is 0. The Kier molecular flexibility index (Phi) is 5.73. The number of hydrogen-bond acceptors (Lipinski definition) is 7. The van der Waals surface area contributed by atoms with Crippen molar-refractivity contribution in [2.75, 3.05) is 29.9 Å². The standard InChI is InChI=1S/C28H30N8/c1-18-12-22(6-5-21(18)13-20-4-8-25-24(14-20)32-17-35(25)3)33-28-27-23(30-16-31-28)7-9-26(34-27)36-11-10-29-19(2)15-36/h4-9,12,14,16-17,19,29H,10-11,13,15H2,1-3H3,(H,30,31,33). The molecule has 5 aromatic rings. The van der Waals surface area contributed by atoms with Crippen LogP contribution in [0, 0.1) is 6.92 Å². The number of nitrogens with zero attached hydrogens (tertiary/aromatic N) is 6. The van der Waals surface area contributed by atoms with E-state index in [0.717, 1.165) is 65.4 Å². The van der Waals surface area contributed by atoms with Crippen LogP contribution in [0.4, 0.5) is 17.3 Å². The molecular formula is C28H30N8. The van der Waals surface area contributed by atoms with Gasteiger partial charge in [-0.1, -0.05) is 12.1 Å². The van der Waals surface area contributed by atoms with Crippen molar-refractivity contribution in [3.8, 4) is 0 Å². The van der Waals surface area contributed by atoms with Gasteiger partial charge in [0.2, 0.25) is 0 Å². The van der Waals surface area contributed by atoms with E-state index in [1.165, 1.54) is 16.7 Å². The average Bonchev–Trinajstić information content (AvgIpc) is 3.25. The molecular weight excluding hydrogens is 448 g/mol. The molecule has 2 N–H and O–H groups in total. The molecule has 1 aliphatic heterocycles. The highest BCUT2D eigenvalue weighted by atomic mass is 15.2. The van der Waals surface area contributed by atoms with Crippen LogP contribution in [0.2, 0.25) is 0 Å². The van der Waals surface area contributed by atoms with Crippen molar-refractivity contribution in [1.82, 2.24) is 29.8 Å². The summed E-state index contributed by atoms with van der Waals surface area (Å²) in [4.78, 5) is 20.7. The average molecular weight is 479 g/mol. The highest BCUT2D eigenvalue weighted by Gasteiger charge is 2.18. The van der Waals surface area contributed by atoms with Crippen molar-refractivity contribution in [2.45, 2.75) is 26.3 Å². The Morgan fingerprint density at radius 3 is 2.81 bits per heavy atom. The second kappa shape index (κ2) is 9.20. The number of pyridine rings is 1. The van der Waals surface area contributed by atoms with Gasteiger partial charge in [0, 0.05) is 38.4 Å².